The van der Waals surface area contributed by atoms with Crippen LogP contribution in [0.5, 0.6) is 11.5 Å². The molecule has 29 heavy (non-hydrogen) atoms. The Kier molecular flexibility index (Phi) is 6.17. The van der Waals surface area contributed by atoms with Crippen molar-refractivity contribution >= 4 is 29.2 Å². The number of amides is 1. The van der Waals surface area contributed by atoms with Crippen LogP contribution >= 0.6 is 11.6 Å². The minimum atomic E-state index is -0.280. The summed E-state index contributed by atoms with van der Waals surface area (Å²) in [6.45, 7) is 2.25. The summed E-state index contributed by atoms with van der Waals surface area (Å²) in [5.74, 6) is 1.42. The number of halogens is 1. The Labute approximate surface area is 174 Å². The van der Waals surface area contributed by atoms with E-state index in [0.717, 1.165) is 25.1 Å². The van der Waals surface area contributed by atoms with Crippen molar-refractivity contribution in [2.75, 3.05) is 31.7 Å². The Balaban J connectivity index is 1.50. The number of carbonyl (C=O) groups is 1. The molecule has 2 aliphatic heterocycles. The highest BCUT2D eigenvalue weighted by atomic mass is 35.5. The molecule has 1 unspecified atom stereocenters. The van der Waals surface area contributed by atoms with E-state index in [9.17, 15) is 4.79 Å². The molecule has 1 amide bonds. The van der Waals surface area contributed by atoms with Crippen molar-refractivity contribution in [1.29, 1.82) is 0 Å². The standard InChI is InChI=1S/C21H22ClN3O4/c22-15-5-3-14(4-6-15)20(26)25-21(23-13-17-2-1-9-27-17)24-16-7-8-18-19(12-16)29-11-10-28-18/h3-8,12,17H,1-2,9-11,13H2,(H2,23,24,25,26). The van der Waals surface area contributed by atoms with E-state index in [1.165, 1.54) is 0 Å². The summed E-state index contributed by atoms with van der Waals surface area (Å²) in [6.07, 6.45) is 2.06. The number of hydrogen-bond donors (Lipinski definition) is 2. The van der Waals surface area contributed by atoms with Crippen LogP contribution < -0.4 is 20.1 Å². The fraction of sp³-hybridized carbons (Fsp3) is 0.333. The molecule has 2 aromatic rings. The van der Waals surface area contributed by atoms with E-state index < -0.39 is 0 Å². The Hall–Kier alpha value is -2.77. The van der Waals surface area contributed by atoms with Crippen molar-refractivity contribution in [1.82, 2.24) is 5.32 Å². The Morgan fingerprint density at radius 3 is 2.62 bits per heavy atom. The second-order valence-electron chi connectivity index (χ2n) is 6.77. The van der Waals surface area contributed by atoms with Gasteiger partial charge in [0.1, 0.15) is 13.2 Å². The molecule has 2 aliphatic rings. The molecule has 0 spiro atoms. The largest absolute Gasteiger partial charge is 0.486 e. The lowest BCUT2D eigenvalue weighted by Gasteiger charge is -2.19. The highest BCUT2D eigenvalue weighted by Crippen LogP contribution is 2.32. The summed E-state index contributed by atoms with van der Waals surface area (Å²) in [5, 5.41) is 6.57. The minimum Gasteiger partial charge on any atom is -0.486 e. The first-order valence-corrected chi connectivity index (χ1v) is 9.95. The van der Waals surface area contributed by atoms with Crippen molar-refractivity contribution in [3.63, 3.8) is 0 Å². The first kappa shape index (κ1) is 19.5. The third-order valence-electron chi connectivity index (χ3n) is 4.62. The number of hydrogen-bond acceptors (Lipinski definition) is 5. The van der Waals surface area contributed by atoms with Crippen LogP contribution in [-0.2, 0) is 4.74 Å². The quantitative estimate of drug-likeness (QED) is 0.590. The number of carbonyl (C=O) groups excluding carboxylic acids is 1. The van der Waals surface area contributed by atoms with Crippen LogP contribution in [0.25, 0.3) is 0 Å². The predicted octanol–water partition coefficient (Wildman–Crippen LogP) is 3.49. The SMILES string of the molecule is O=C(NC(=NCC1CCCO1)Nc1ccc2c(c1)OCCO2)c1ccc(Cl)cc1. The van der Waals surface area contributed by atoms with E-state index in [1.807, 2.05) is 18.2 Å². The van der Waals surface area contributed by atoms with Crippen molar-refractivity contribution in [2.24, 2.45) is 4.99 Å². The van der Waals surface area contributed by atoms with Crippen molar-refractivity contribution in [3.05, 3.63) is 53.1 Å². The summed E-state index contributed by atoms with van der Waals surface area (Å²) < 4.78 is 16.8. The zero-order chi connectivity index (χ0) is 20.1. The first-order valence-electron chi connectivity index (χ1n) is 9.57. The van der Waals surface area contributed by atoms with Crippen LogP contribution in [0.2, 0.25) is 5.02 Å². The number of fused-ring (bicyclic) bond motifs is 1. The van der Waals surface area contributed by atoms with Gasteiger partial charge in [-0.25, -0.2) is 4.99 Å². The van der Waals surface area contributed by atoms with Crippen molar-refractivity contribution in [3.8, 4) is 11.5 Å². The maximum absolute atomic E-state index is 12.6. The van der Waals surface area contributed by atoms with Gasteiger partial charge >= 0.3 is 0 Å². The van der Waals surface area contributed by atoms with Gasteiger partial charge in [0.15, 0.2) is 11.5 Å². The first-order chi connectivity index (χ1) is 14.2. The molecule has 0 aliphatic carbocycles. The number of benzene rings is 2. The van der Waals surface area contributed by atoms with E-state index in [0.29, 0.717) is 47.8 Å². The van der Waals surface area contributed by atoms with Gasteiger partial charge in [-0.2, -0.15) is 0 Å². The molecule has 152 valence electrons. The van der Waals surface area contributed by atoms with Gasteiger partial charge in [0.05, 0.1) is 12.6 Å². The van der Waals surface area contributed by atoms with Crippen molar-refractivity contribution < 1.29 is 19.0 Å². The number of rotatable bonds is 4. The van der Waals surface area contributed by atoms with Gasteiger partial charge in [-0.05, 0) is 49.2 Å². The average Bonchev–Trinajstić information content (AvgIpc) is 3.26. The molecule has 7 nitrogen and oxygen atoms in total. The maximum atomic E-state index is 12.6. The van der Waals surface area contributed by atoms with E-state index in [1.54, 1.807) is 24.3 Å². The third kappa shape index (κ3) is 5.19. The molecule has 2 aromatic carbocycles. The molecule has 4 rings (SSSR count). The Morgan fingerprint density at radius 1 is 1.07 bits per heavy atom. The summed E-state index contributed by atoms with van der Waals surface area (Å²) >= 11 is 5.91. The number of anilines is 1. The van der Waals surface area contributed by atoms with Gasteiger partial charge < -0.3 is 19.5 Å². The Bertz CT molecular complexity index is 895. The topological polar surface area (TPSA) is 81.2 Å². The van der Waals surface area contributed by atoms with Crippen molar-refractivity contribution in [2.45, 2.75) is 18.9 Å². The van der Waals surface area contributed by atoms with E-state index >= 15 is 0 Å². The lowest BCUT2D eigenvalue weighted by molar-refractivity contribution is 0.0975. The number of guanidine groups is 1. The number of nitrogens with one attached hydrogen (secondary N) is 2. The monoisotopic (exact) mass is 415 g/mol. The summed E-state index contributed by atoms with van der Waals surface area (Å²) in [4.78, 5) is 17.2. The summed E-state index contributed by atoms with van der Waals surface area (Å²) in [6, 6.07) is 12.2. The lowest BCUT2D eigenvalue weighted by atomic mass is 10.2. The molecular weight excluding hydrogens is 394 g/mol. The van der Waals surface area contributed by atoms with Crippen LogP contribution in [0.3, 0.4) is 0 Å². The van der Waals surface area contributed by atoms with Gasteiger partial charge in [-0.1, -0.05) is 11.6 Å². The minimum absolute atomic E-state index is 0.0690. The average molecular weight is 416 g/mol. The molecule has 2 N–H and O–H groups in total. The van der Waals surface area contributed by atoms with E-state index in [-0.39, 0.29) is 12.0 Å². The second-order valence-corrected chi connectivity index (χ2v) is 7.21. The fourth-order valence-corrected chi connectivity index (χ4v) is 3.26. The number of nitrogens with zero attached hydrogens (tertiary/aromatic N) is 1. The highest BCUT2D eigenvalue weighted by molar-refractivity contribution is 6.30. The van der Waals surface area contributed by atoms with Gasteiger partial charge in [0.25, 0.3) is 5.91 Å². The Morgan fingerprint density at radius 2 is 1.86 bits per heavy atom. The van der Waals surface area contributed by atoms with Gasteiger partial charge in [-0.3, -0.25) is 10.1 Å². The van der Waals surface area contributed by atoms with Gasteiger partial charge in [0.2, 0.25) is 5.96 Å². The maximum Gasteiger partial charge on any atom is 0.257 e. The molecule has 2 heterocycles. The van der Waals surface area contributed by atoms with Crippen LogP contribution in [0.15, 0.2) is 47.5 Å². The zero-order valence-corrected chi connectivity index (χ0v) is 16.6. The molecule has 0 saturated carbocycles. The number of aliphatic imine (C=N–C) groups is 1. The smallest absolute Gasteiger partial charge is 0.257 e. The van der Waals surface area contributed by atoms with E-state index in [4.69, 9.17) is 25.8 Å². The van der Waals surface area contributed by atoms with Crippen LogP contribution in [0.4, 0.5) is 5.69 Å². The van der Waals surface area contributed by atoms with Gasteiger partial charge in [-0.15, -0.1) is 0 Å². The molecule has 0 aromatic heterocycles. The van der Waals surface area contributed by atoms with Gasteiger partial charge in [0, 0.05) is 28.9 Å². The molecule has 0 bridgehead atoms. The molecule has 0 radical (unpaired) electrons. The summed E-state index contributed by atoms with van der Waals surface area (Å²) in [5.41, 5.74) is 1.22. The third-order valence-corrected chi connectivity index (χ3v) is 4.87. The predicted molar refractivity (Wildman–Crippen MR) is 111 cm³/mol. The molecular formula is C21H22ClN3O4. The molecule has 1 saturated heterocycles. The molecule has 1 fully saturated rings. The second kappa shape index (κ2) is 9.15. The van der Waals surface area contributed by atoms with Crippen LogP contribution in [-0.4, -0.2) is 44.3 Å². The number of ether oxygens (including phenoxy) is 3. The van der Waals surface area contributed by atoms with Crippen LogP contribution in [0.1, 0.15) is 23.2 Å². The highest BCUT2D eigenvalue weighted by Gasteiger charge is 2.17. The normalized spacial score (nSPS) is 18.4. The lowest BCUT2D eigenvalue weighted by Crippen LogP contribution is -2.36. The zero-order valence-electron chi connectivity index (χ0n) is 15.8. The fourth-order valence-electron chi connectivity index (χ4n) is 3.13. The van der Waals surface area contributed by atoms with Crippen LogP contribution in [0, 0.1) is 0 Å². The van der Waals surface area contributed by atoms with E-state index in [2.05, 4.69) is 15.6 Å². The molecule has 1 atom stereocenters. The summed E-state index contributed by atoms with van der Waals surface area (Å²) in [7, 11) is 0. The molecule has 8 heteroatoms.